The van der Waals surface area contributed by atoms with Gasteiger partial charge in [-0.05, 0) is 25.7 Å². The van der Waals surface area contributed by atoms with Crippen LogP contribution in [-0.4, -0.2) is 42.4 Å². The third kappa shape index (κ3) is 20.4. The van der Waals surface area contributed by atoms with Crippen molar-refractivity contribution in [1.82, 2.24) is 0 Å². The normalized spacial score (nSPS) is 12.3. The van der Waals surface area contributed by atoms with Crippen molar-refractivity contribution >= 4 is 6.47 Å². The Bertz CT molecular complexity index is 303. The van der Waals surface area contributed by atoms with Gasteiger partial charge in [-0.2, -0.15) is 0 Å². The highest BCUT2D eigenvalue weighted by atomic mass is 16.3. The van der Waals surface area contributed by atoms with E-state index in [1.807, 2.05) is 0 Å². The van der Waals surface area contributed by atoms with Gasteiger partial charge in [0.05, 0.1) is 20.1 Å². The molecular weight excluding hydrogens is 362 g/mol. The van der Waals surface area contributed by atoms with Crippen LogP contribution < -0.4 is 5.11 Å². The van der Waals surface area contributed by atoms with Crippen LogP contribution >= 0.6 is 0 Å². The Morgan fingerprint density at radius 3 is 1.24 bits per heavy atom. The molecule has 0 aliphatic rings. The number of aliphatic hydroxyl groups is 1. The van der Waals surface area contributed by atoms with Crippen molar-refractivity contribution in [2.45, 2.75) is 136 Å². The molecule has 0 aliphatic heterocycles. The molecular formula is C25H53NO3. The summed E-state index contributed by atoms with van der Waals surface area (Å²) >= 11 is 0. The molecule has 0 aromatic carbocycles. The van der Waals surface area contributed by atoms with Gasteiger partial charge < -0.3 is 19.5 Å². The number of hydrogen-bond acceptors (Lipinski definition) is 3. The second-order valence-corrected chi connectivity index (χ2v) is 8.86. The van der Waals surface area contributed by atoms with Crippen LogP contribution in [0.3, 0.4) is 0 Å². The molecule has 0 fully saturated rings. The van der Waals surface area contributed by atoms with E-state index in [9.17, 15) is 5.11 Å². The van der Waals surface area contributed by atoms with E-state index in [1.165, 1.54) is 103 Å². The molecule has 0 aromatic rings. The molecule has 0 radical (unpaired) electrons. The number of carboxylic acid groups (broad SMARTS) is 1. The maximum absolute atomic E-state index is 10.5. The fraction of sp³-hybridized carbons (Fsp3) is 0.960. The molecule has 4 heteroatoms. The zero-order valence-electron chi connectivity index (χ0n) is 20.3. The summed E-state index contributed by atoms with van der Waals surface area (Å²) in [6.07, 6.45) is 22.6. The number of hydrogen-bond donors (Lipinski definition) is 1. The predicted octanol–water partition coefficient (Wildman–Crippen LogP) is 5.81. The average molecular weight is 416 g/mol. The van der Waals surface area contributed by atoms with Crippen LogP contribution in [0.25, 0.3) is 0 Å². The lowest BCUT2D eigenvalue weighted by molar-refractivity contribution is -0.954. The van der Waals surface area contributed by atoms with Crippen molar-refractivity contribution in [3.63, 3.8) is 0 Å². The molecule has 0 amide bonds. The average Bonchev–Trinajstić information content (AvgIpc) is 2.72. The fourth-order valence-corrected chi connectivity index (χ4v) is 4.06. The molecule has 0 heterocycles. The lowest BCUT2D eigenvalue weighted by Gasteiger charge is -2.38. The van der Waals surface area contributed by atoms with Gasteiger partial charge in [-0.3, -0.25) is 0 Å². The number of carbonyl (C=O) groups excluding carboxylic acids is 1. The molecule has 1 unspecified atom stereocenters. The Morgan fingerprint density at radius 2 is 0.966 bits per heavy atom. The van der Waals surface area contributed by atoms with Gasteiger partial charge in [0.15, 0.2) is 6.23 Å². The van der Waals surface area contributed by atoms with Gasteiger partial charge >= 0.3 is 0 Å². The van der Waals surface area contributed by atoms with Crippen molar-refractivity contribution in [3.8, 4) is 0 Å². The first-order valence-corrected chi connectivity index (χ1v) is 12.6. The number of unbranched alkanes of at least 4 members (excludes halogenated alkanes) is 14. The van der Waals surface area contributed by atoms with Crippen LogP contribution in [0, 0.1) is 0 Å². The Balaban J connectivity index is 0. The zero-order chi connectivity index (χ0) is 22.2. The summed E-state index contributed by atoms with van der Waals surface area (Å²) in [4.78, 5) is 8.25. The van der Waals surface area contributed by atoms with Crippen LogP contribution in [0.4, 0.5) is 0 Å². The van der Waals surface area contributed by atoms with E-state index in [4.69, 9.17) is 9.90 Å². The first kappa shape index (κ1) is 30.6. The van der Waals surface area contributed by atoms with E-state index in [0.717, 1.165) is 24.0 Å². The van der Waals surface area contributed by atoms with Gasteiger partial charge in [0, 0.05) is 12.9 Å². The van der Waals surface area contributed by atoms with E-state index < -0.39 is 6.47 Å². The summed E-state index contributed by atoms with van der Waals surface area (Å²) in [6.45, 7) is 8.50. The van der Waals surface area contributed by atoms with Gasteiger partial charge in [0.2, 0.25) is 0 Å². The molecule has 1 N–H and O–H groups in total. The SMILES string of the molecule is CCCCCCCCCC[N+](C)(CCCCCCCCCC)C(O)CC.O=C[O-]. The van der Waals surface area contributed by atoms with Crippen molar-refractivity contribution in [2.75, 3.05) is 20.1 Å². The van der Waals surface area contributed by atoms with E-state index in [0.29, 0.717) is 0 Å². The van der Waals surface area contributed by atoms with Crippen molar-refractivity contribution < 1.29 is 19.5 Å². The zero-order valence-corrected chi connectivity index (χ0v) is 20.3. The molecule has 4 nitrogen and oxygen atoms in total. The first-order valence-electron chi connectivity index (χ1n) is 12.6. The highest BCUT2D eigenvalue weighted by molar-refractivity contribution is 5.29. The molecule has 0 saturated heterocycles. The standard InChI is InChI=1S/C24H52NO.CH2O2/c1-5-8-10-12-14-16-18-20-22-25(4,24(26)7-3)23-21-19-17-15-13-11-9-6-2;2-1-3/h24,26H,5-23H2,1-4H3;1H,(H,2,3)/q+1;/p-1. The maximum Gasteiger partial charge on any atom is 0.190 e. The minimum Gasteiger partial charge on any atom is -0.554 e. The third-order valence-corrected chi connectivity index (χ3v) is 6.13. The van der Waals surface area contributed by atoms with E-state index in [2.05, 4.69) is 27.8 Å². The summed E-state index contributed by atoms with van der Waals surface area (Å²) in [6, 6.07) is 0. The molecule has 0 bridgehead atoms. The summed E-state index contributed by atoms with van der Waals surface area (Å²) in [7, 11) is 2.29. The van der Waals surface area contributed by atoms with Crippen LogP contribution in [0.15, 0.2) is 0 Å². The first-order chi connectivity index (χ1) is 14.0. The van der Waals surface area contributed by atoms with Gasteiger partial charge in [-0.25, -0.2) is 0 Å². The van der Waals surface area contributed by atoms with E-state index >= 15 is 0 Å². The lowest BCUT2D eigenvalue weighted by atomic mass is 10.1. The number of aliphatic hydroxyl groups excluding tert-OH is 1. The number of nitrogens with zero attached hydrogens (tertiary/aromatic N) is 1. The lowest BCUT2D eigenvalue weighted by Crippen LogP contribution is -2.53. The highest BCUT2D eigenvalue weighted by Crippen LogP contribution is 2.18. The minimum atomic E-state index is -0.500. The molecule has 176 valence electrons. The van der Waals surface area contributed by atoms with Crippen molar-refractivity contribution in [2.24, 2.45) is 0 Å². The van der Waals surface area contributed by atoms with Crippen molar-refractivity contribution in [1.29, 1.82) is 0 Å². The smallest absolute Gasteiger partial charge is 0.190 e. The number of rotatable bonds is 20. The summed E-state index contributed by atoms with van der Waals surface area (Å²) < 4.78 is 0.877. The Labute approximate surface area is 182 Å². The summed E-state index contributed by atoms with van der Waals surface area (Å²) in [5.41, 5.74) is 0. The van der Waals surface area contributed by atoms with Crippen LogP contribution in [0.2, 0.25) is 0 Å². The molecule has 0 spiro atoms. The Hall–Kier alpha value is -0.610. The number of carbonyl (C=O) groups is 1. The largest absolute Gasteiger partial charge is 0.554 e. The second kappa shape index (κ2) is 23.7. The van der Waals surface area contributed by atoms with Gasteiger partial charge in [-0.15, -0.1) is 0 Å². The van der Waals surface area contributed by atoms with Gasteiger partial charge in [-0.1, -0.05) is 97.8 Å². The minimum absolute atomic E-state index is 0.177. The van der Waals surface area contributed by atoms with Crippen LogP contribution in [-0.2, 0) is 4.79 Å². The third-order valence-electron chi connectivity index (χ3n) is 6.13. The van der Waals surface area contributed by atoms with Crippen LogP contribution in [0.1, 0.15) is 130 Å². The van der Waals surface area contributed by atoms with Gasteiger partial charge in [0.25, 0.3) is 0 Å². The van der Waals surface area contributed by atoms with Gasteiger partial charge in [0.1, 0.15) is 0 Å². The topological polar surface area (TPSA) is 60.4 Å². The molecule has 0 aromatic heterocycles. The highest BCUT2D eigenvalue weighted by Gasteiger charge is 2.28. The maximum atomic E-state index is 10.5. The second-order valence-electron chi connectivity index (χ2n) is 8.86. The van der Waals surface area contributed by atoms with Crippen LogP contribution in [0.5, 0.6) is 0 Å². The van der Waals surface area contributed by atoms with E-state index in [-0.39, 0.29) is 6.23 Å². The molecule has 0 aliphatic carbocycles. The van der Waals surface area contributed by atoms with E-state index in [1.54, 1.807) is 0 Å². The summed E-state index contributed by atoms with van der Waals surface area (Å²) in [5.74, 6) is 0. The molecule has 0 rings (SSSR count). The Kier molecular flexibility index (Phi) is 25.0. The molecule has 0 saturated carbocycles. The van der Waals surface area contributed by atoms with Crippen molar-refractivity contribution in [3.05, 3.63) is 0 Å². The molecule has 29 heavy (non-hydrogen) atoms. The predicted molar refractivity (Wildman–Crippen MR) is 124 cm³/mol. The number of quaternary nitrogens is 1. The Morgan fingerprint density at radius 1 is 0.690 bits per heavy atom. The molecule has 1 atom stereocenters. The fourth-order valence-electron chi connectivity index (χ4n) is 4.06. The monoisotopic (exact) mass is 415 g/mol. The summed E-state index contributed by atoms with van der Waals surface area (Å²) in [5, 5.41) is 18.8. The quantitative estimate of drug-likeness (QED) is 0.118.